The van der Waals surface area contributed by atoms with Gasteiger partial charge in [-0.3, -0.25) is 0 Å². The zero-order chi connectivity index (χ0) is 22.0. The maximum absolute atomic E-state index is 13.3. The van der Waals surface area contributed by atoms with Crippen LogP contribution in [0.15, 0.2) is 58.8 Å². The van der Waals surface area contributed by atoms with Crippen molar-refractivity contribution < 1.29 is 13.7 Å². The predicted molar refractivity (Wildman–Crippen MR) is 121 cm³/mol. The summed E-state index contributed by atoms with van der Waals surface area (Å²) < 4.78 is 24.2. The van der Waals surface area contributed by atoms with Crippen molar-refractivity contribution in [1.29, 1.82) is 0 Å². The molecule has 31 heavy (non-hydrogen) atoms. The summed E-state index contributed by atoms with van der Waals surface area (Å²) in [5, 5.41) is 8.21. The second kappa shape index (κ2) is 8.85. The maximum Gasteiger partial charge on any atom is 0.258 e. The van der Waals surface area contributed by atoms with Crippen LogP contribution in [-0.4, -0.2) is 33.8 Å². The quantitative estimate of drug-likeness (QED) is 0.546. The lowest BCUT2D eigenvalue weighted by Gasteiger charge is -2.37. The summed E-state index contributed by atoms with van der Waals surface area (Å²) >= 11 is 5.65. The molecule has 3 aromatic rings. The van der Waals surface area contributed by atoms with Crippen LogP contribution in [0.1, 0.15) is 37.8 Å². The van der Waals surface area contributed by atoms with Crippen molar-refractivity contribution in [3.63, 3.8) is 0 Å². The lowest BCUT2D eigenvalue weighted by atomic mass is 9.94. The number of hydrogen-bond acceptors (Lipinski definition) is 5. The van der Waals surface area contributed by atoms with E-state index in [-0.39, 0.29) is 11.9 Å². The molecule has 0 bridgehead atoms. The summed E-state index contributed by atoms with van der Waals surface area (Å²) in [4.78, 5) is 6.67. The average Bonchev–Trinajstić information content (AvgIpc) is 3.26. The summed E-state index contributed by atoms with van der Waals surface area (Å²) in [7, 11) is 1.64. The Morgan fingerprint density at radius 3 is 2.52 bits per heavy atom. The van der Waals surface area contributed by atoms with E-state index in [1.54, 1.807) is 19.2 Å². The van der Waals surface area contributed by atoms with E-state index >= 15 is 0 Å². The van der Waals surface area contributed by atoms with Crippen LogP contribution in [0.4, 0.5) is 4.39 Å². The summed E-state index contributed by atoms with van der Waals surface area (Å²) in [6.07, 6.45) is 0.935. The number of halogens is 1. The molecule has 1 atom stereocenters. The van der Waals surface area contributed by atoms with Crippen LogP contribution in [0.2, 0.25) is 0 Å². The van der Waals surface area contributed by atoms with Gasteiger partial charge in [0.1, 0.15) is 11.6 Å². The Morgan fingerprint density at radius 2 is 1.87 bits per heavy atom. The van der Waals surface area contributed by atoms with Gasteiger partial charge in [0.05, 0.1) is 18.7 Å². The second-order valence-electron chi connectivity index (χ2n) is 7.24. The van der Waals surface area contributed by atoms with Crippen molar-refractivity contribution in [2.24, 2.45) is 0 Å². The number of nitrogens with one attached hydrogen (secondary N) is 1. The number of ether oxygens (including phenoxy) is 1. The molecular weight excluding hydrogens is 415 g/mol. The van der Waals surface area contributed by atoms with E-state index in [9.17, 15) is 4.39 Å². The number of benzene rings is 2. The molecule has 0 aliphatic carbocycles. The van der Waals surface area contributed by atoms with Crippen LogP contribution in [0.5, 0.6) is 5.75 Å². The molecule has 1 aliphatic rings. The first-order chi connectivity index (χ1) is 15.0. The Morgan fingerprint density at radius 1 is 1.16 bits per heavy atom. The van der Waals surface area contributed by atoms with Gasteiger partial charge in [0.15, 0.2) is 5.11 Å². The number of thiocarbonyl (C=S) groups is 1. The molecule has 0 fully saturated rings. The van der Waals surface area contributed by atoms with Gasteiger partial charge in [-0.2, -0.15) is 4.98 Å². The lowest BCUT2D eigenvalue weighted by Crippen LogP contribution is -2.46. The minimum absolute atomic E-state index is 0.256. The van der Waals surface area contributed by atoms with Gasteiger partial charge in [0.2, 0.25) is 5.82 Å². The summed E-state index contributed by atoms with van der Waals surface area (Å²) in [6, 6.07) is 13.5. The monoisotopic (exact) mass is 438 g/mol. The van der Waals surface area contributed by atoms with Gasteiger partial charge >= 0.3 is 0 Å². The fraction of sp³-hybridized carbons (Fsp3) is 0.261. The molecule has 0 amide bonds. The largest absolute Gasteiger partial charge is 0.497 e. The Hall–Kier alpha value is -3.26. The van der Waals surface area contributed by atoms with Crippen LogP contribution in [-0.2, 0) is 0 Å². The van der Waals surface area contributed by atoms with E-state index in [1.165, 1.54) is 12.1 Å². The maximum atomic E-state index is 13.3. The fourth-order valence-corrected chi connectivity index (χ4v) is 3.99. The molecule has 1 aromatic heterocycles. The van der Waals surface area contributed by atoms with E-state index in [1.807, 2.05) is 36.1 Å². The minimum atomic E-state index is -0.314. The molecule has 1 unspecified atom stereocenters. The zero-order valence-electron chi connectivity index (χ0n) is 17.6. The van der Waals surface area contributed by atoms with Crippen molar-refractivity contribution in [2.75, 3.05) is 13.7 Å². The smallest absolute Gasteiger partial charge is 0.258 e. The topological polar surface area (TPSA) is 63.4 Å². The van der Waals surface area contributed by atoms with Gasteiger partial charge in [-0.25, -0.2) is 4.39 Å². The fourth-order valence-electron chi connectivity index (χ4n) is 3.65. The Balaban J connectivity index is 1.79. The summed E-state index contributed by atoms with van der Waals surface area (Å²) in [5.74, 6) is 1.26. The lowest BCUT2D eigenvalue weighted by molar-refractivity contribution is 0.396. The second-order valence-corrected chi connectivity index (χ2v) is 7.62. The van der Waals surface area contributed by atoms with Gasteiger partial charge in [0.25, 0.3) is 5.89 Å². The molecular formula is C23H23FN4O2S. The Labute approximate surface area is 185 Å². The molecule has 160 valence electrons. The van der Waals surface area contributed by atoms with Gasteiger partial charge < -0.3 is 19.5 Å². The molecule has 2 heterocycles. The van der Waals surface area contributed by atoms with Crippen molar-refractivity contribution in [2.45, 2.75) is 26.3 Å². The molecule has 0 spiro atoms. The third-order valence-electron chi connectivity index (χ3n) is 5.25. The molecule has 0 saturated carbocycles. The predicted octanol–water partition coefficient (Wildman–Crippen LogP) is 4.96. The number of aromatic nitrogens is 2. The van der Waals surface area contributed by atoms with E-state index in [4.69, 9.17) is 21.5 Å². The van der Waals surface area contributed by atoms with Gasteiger partial charge in [-0.15, -0.1) is 0 Å². The first kappa shape index (κ1) is 21.0. The van der Waals surface area contributed by atoms with Crippen molar-refractivity contribution in [3.8, 4) is 17.1 Å². The van der Waals surface area contributed by atoms with E-state index in [0.717, 1.165) is 35.5 Å². The van der Waals surface area contributed by atoms with Crippen molar-refractivity contribution in [1.82, 2.24) is 20.4 Å². The Bertz CT molecular complexity index is 1110. The molecule has 0 saturated heterocycles. The number of allylic oxidation sites excluding steroid dienone is 1. The standard InChI is InChI=1S/C23H23FN4O2S/c1-4-13-28-14(2)19(20(25-23(28)31)15-7-11-18(29-3)12-8-15)22-26-21(27-30-22)16-5-9-17(24)10-6-16/h5-12,20H,4,13H2,1-3H3,(H,25,31). The number of nitrogens with zero attached hydrogens (tertiary/aromatic N) is 3. The third kappa shape index (κ3) is 4.16. The summed E-state index contributed by atoms with van der Waals surface area (Å²) in [6.45, 7) is 4.89. The molecule has 4 rings (SSSR count). The van der Waals surface area contributed by atoms with Crippen molar-refractivity contribution in [3.05, 3.63) is 71.5 Å². The van der Waals surface area contributed by atoms with Crippen LogP contribution < -0.4 is 10.1 Å². The Kier molecular flexibility index (Phi) is 5.99. The highest BCUT2D eigenvalue weighted by Crippen LogP contribution is 2.37. The first-order valence-corrected chi connectivity index (χ1v) is 10.5. The van der Waals surface area contributed by atoms with Gasteiger partial charge in [-0.1, -0.05) is 24.2 Å². The summed E-state index contributed by atoms with van der Waals surface area (Å²) in [5.41, 5.74) is 3.49. The highest BCUT2D eigenvalue weighted by Gasteiger charge is 2.33. The molecule has 6 nitrogen and oxygen atoms in total. The number of hydrogen-bond donors (Lipinski definition) is 1. The highest BCUT2D eigenvalue weighted by molar-refractivity contribution is 7.80. The highest BCUT2D eigenvalue weighted by atomic mass is 32.1. The minimum Gasteiger partial charge on any atom is -0.497 e. The van der Waals surface area contributed by atoms with Gasteiger partial charge in [-0.05, 0) is 67.5 Å². The van der Waals surface area contributed by atoms with E-state index < -0.39 is 0 Å². The van der Waals surface area contributed by atoms with E-state index in [2.05, 4.69) is 22.4 Å². The number of rotatable bonds is 6. The van der Waals surface area contributed by atoms with Crippen LogP contribution in [0.25, 0.3) is 17.0 Å². The van der Waals surface area contributed by atoms with Crippen LogP contribution in [0, 0.1) is 5.82 Å². The first-order valence-electron chi connectivity index (χ1n) is 10.0. The molecule has 0 radical (unpaired) electrons. The molecule has 2 aromatic carbocycles. The van der Waals surface area contributed by atoms with E-state index in [0.29, 0.717) is 22.4 Å². The molecule has 1 N–H and O–H groups in total. The van der Waals surface area contributed by atoms with Gasteiger partial charge in [0, 0.05) is 17.8 Å². The zero-order valence-corrected chi connectivity index (χ0v) is 18.4. The van der Waals surface area contributed by atoms with Crippen LogP contribution >= 0.6 is 12.2 Å². The third-order valence-corrected chi connectivity index (χ3v) is 5.59. The SMILES string of the molecule is CCCN1C(=S)NC(c2ccc(OC)cc2)C(c2nc(-c3ccc(F)cc3)no2)=C1C. The van der Waals surface area contributed by atoms with Crippen LogP contribution in [0.3, 0.4) is 0 Å². The molecule has 8 heteroatoms. The average molecular weight is 439 g/mol. The normalized spacial score (nSPS) is 16.5. The van der Waals surface area contributed by atoms with Crippen molar-refractivity contribution >= 4 is 22.9 Å². The number of methoxy groups -OCH3 is 1. The molecule has 1 aliphatic heterocycles.